The highest BCUT2D eigenvalue weighted by atomic mass is 35.5. The van der Waals surface area contributed by atoms with Gasteiger partial charge in [0.2, 0.25) is 5.91 Å². The molecular weight excluding hydrogens is 292 g/mol. The van der Waals surface area contributed by atoms with Crippen LogP contribution in [0.15, 0.2) is 24.8 Å². The first-order chi connectivity index (χ1) is 9.55. The van der Waals surface area contributed by atoms with Gasteiger partial charge in [0, 0.05) is 11.4 Å². The van der Waals surface area contributed by atoms with E-state index >= 15 is 0 Å². The van der Waals surface area contributed by atoms with E-state index in [2.05, 4.69) is 11.9 Å². The van der Waals surface area contributed by atoms with Crippen molar-refractivity contribution < 1.29 is 4.79 Å². The van der Waals surface area contributed by atoms with E-state index in [1.165, 1.54) is 11.3 Å². The van der Waals surface area contributed by atoms with Gasteiger partial charge in [-0.05, 0) is 44.9 Å². The fourth-order valence-electron chi connectivity index (χ4n) is 2.59. The number of amides is 1. The second-order valence-electron chi connectivity index (χ2n) is 5.40. The van der Waals surface area contributed by atoms with Crippen LogP contribution < -0.4 is 5.32 Å². The number of hydrogen-bond acceptors (Lipinski definition) is 3. The lowest BCUT2D eigenvalue weighted by atomic mass is 9.89. The average molecular weight is 313 g/mol. The van der Waals surface area contributed by atoms with Gasteiger partial charge in [-0.3, -0.25) is 4.79 Å². The van der Waals surface area contributed by atoms with Crippen LogP contribution >= 0.6 is 22.9 Å². The maximum atomic E-state index is 12.8. The molecule has 110 valence electrons. The maximum Gasteiger partial charge on any atom is 0.243 e. The molecule has 1 amide bonds. The third kappa shape index (κ3) is 3.62. The number of piperidine rings is 1. The van der Waals surface area contributed by atoms with Crippen LogP contribution in [0.2, 0.25) is 4.34 Å². The lowest BCUT2D eigenvalue weighted by Crippen LogP contribution is -2.57. The Morgan fingerprint density at radius 3 is 2.95 bits per heavy atom. The Labute approximate surface area is 129 Å². The largest absolute Gasteiger partial charge is 0.332 e. The molecule has 1 atom stereocenters. The standard InChI is InChI=1S/C15H21ClN2OS/c1-3-10-18(11-12-6-7-13(16)20-12)14(19)15(2)8-4-5-9-17-15/h3,6-7,17H,1,4-5,8-11H2,2H3. The fourth-order valence-corrected chi connectivity index (χ4v) is 3.69. The third-order valence-corrected chi connectivity index (χ3v) is 4.92. The summed E-state index contributed by atoms with van der Waals surface area (Å²) in [6.07, 6.45) is 4.91. The van der Waals surface area contributed by atoms with Gasteiger partial charge in [-0.1, -0.05) is 17.7 Å². The van der Waals surface area contributed by atoms with Crippen molar-refractivity contribution in [1.82, 2.24) is 10.2 Å². The van der Waals surface area contributed by atoms with Crippen molar-refractivity contribution in [1.29, 1.82) is 0 Å². The molecule has 1 N–H and O–H groups in total. The first kappa shape index (κ1) is 15.5. The zero-order chi connectivity index (χ0) is 14.6. The molecule has 1 unspecified atom stereocenters. The summed E-state index contributed by atoms with van der Waals surface area (Å²) in [5.74, 6) is 0.154. The quantitative estimate of drug-likeness (QED) is 0.845. The smallest absolute Gasteiger partial charge is 0.243 e. The molecule has 1 aromatic heterocycles. The number of carbonyl (C=O) groups excluding carboxylic acids is 1. The van der Waals surface area contributed by atoms with E-state index in [1.54, 1.807) is 6.08 Å². The topological polar surface area (TPSA) is 32.3 Å². The van der Waals surface area contributed by atoms with Gasteiger partial charge in [-0.25, -0.2) is 0 Å². The van der Waals surface area contributed by atoms with Crippen LogP contribution in [0.5, 0.6) is 0 Å². The molecule has 0 aliphatic carbocycles. The third-order valence-electron chi connectivity index (χ3n) is 3.70. The molecule has 5 heteroatoms. The van der Waals surface area contributed by atoms with Crippen LogP contribution in [0, 0.1) is 0 Å². The molecule has 2 heterocycles. The van der Waals surface area contributed by atoms with Gasteiger partial charge in [-0.15, -0.1) is 17.9 Å². The predicted octanol–water partition coefficient (Wildman–Crippen LogP) is 3.45. The van der Waals surface area contributed by atoms with Gasteiger partial charge in [-0.2, -0.15) is 0 Å². The highest BCUT2D eigenvalue weighted by Gasteiger charge is 2.37. The number of hydrogen-bond donors (Lipinski definition) is 1. The zero-order valence-electron chi connectivity index (χ0n) is 11.8. The van der Waals surface area contributed by atoms with E-state index in [9.17, 15) is 4.79 Å². The summed E-state index contributed by atoms with van der Waals surface area (Å²) in [4.78, 5) is 15.8. The summed E-state index contributed by atoms with van der Waals surface area (Å²) < 4.78 is 0.757. The molecule has 20 heavy (non-hydrogen) atoms. The predicted molar refractivity (Wildman–Crippen MR) is 85.2 cm³/mol. The summed E-state index contributed by atoms with van der Waals surface area (Å²) in [6.45, 7) is 7.84. The Morgan fingerprint density at radius 2 is 2.40 bits per heavy atom. The van der Waals surface area contributed by atoms with Crippen LogP contribution in [0.4, 0.5) is 0 Å². The summed E-state index contributed by atoms with van der Waals surface area (Å²) in [6, 6.07) is 3.85. The van der Waals surface area contributed by atoms with E-state index < -0.39 is 5.54 Å². The first-order valence-corrected chi connectivity index (χ1v) is 8.14. The van der Waals surface area contributed by atoms with E-state index in [1.807, 2.05) is 24.0 Å². The van der Waals surface area contributed by atoms with Crippen molar-refractivity contribution in [3.63, 3.8) is 0 Å². The average Bonchev–Trinajstić information content (AvgIpc) is 2.84. The van der Waals surface area contributed by atoms with Crippen molar-refractivity contribution in [3.05, 3.63) is 34.0 Å². The van der Waals surface area contributed by atoms with Crippen molar-refractivity contribution in [2.75, 3.05) is 13.1 Å². The second-order valence-corrected chi connectivity index (χ2v) is 7.20. The Hall–Kier alpha value is -0.840. The number of halogens is 1. The number of nitrogens with zero attached hydrogens (tertiary/aromatic N) is 1. The highest BCUT2D eigenvalue weighted by Crippen LogP contribution is 2.26. The molecule has 1 saturated heterocycles. The van der Waals surface area contributed by atoms with Gasteiger partial charge in [0.15, 0.2) is 0 Å². The van der Waals surface area contributed by atoms with Gasteiger partial charge in [0.05, 0.1) is 16.4 Å². The van der Waals surface area contributed by atoms with E-state index in [0.29, 0.717) is 13.1 Å². The van der Waals surface area contributed by atoms with Crippen molar-refractivity contribution >= 4 is 28.8 Å². The van der Waals surface area contributed by atoms with Crippen LogP contribution in [0.1, 0.15) is 31.1 Å². The van der Waals surface area contributed by atoms with Crippen LogP contribution in [-0.4, -0.2) is 29.4 Å². The molecule has 0 radical (unpaired) electrons. The number of carbonyl (C=O) groups is 1. The van der Waals surface area contributed by atoms with E-state index in [-0.39, 0.29) is 5.91 Å². The minimum Gasteiger partial charge on any atom is -0.332 e. The zero-order valence-corrected chi connectivity index (χ0v) is 13.4. The molecule has 1 aliphatic rings. The molecule has 1 fully saturated rings. The van der Waals surface area contributed by atoms with Crippen molar-refractivity contribution in [2.24, 2.45) is 0 Å². The van der Waals surface area contributed by atoms with Crippen molar-refractivity contribution in [2.45, 2.75) is 38.3 Å². The minimum atomic E-state index is -0.442. The normalized spacial score (nSPS) is 22.5. The molecular formula is C15H21ClN2OS. The molecule has 0 bridgehead atoms. The fraction of sp³-hybridized carbons (Fsp3) is 0.533. The molecule has 0 spiro atoms. The Kier molecular flexibility index (Phi) is 5.24. The summed E-state index contributed by atoms with van der Waals surface area (Å²) in [5.41, 5.74) is -0.442. The molecule has 2 rings (SSSR count). The number of rotatable bonds is 5. The summed E-state index contributed by atoms with van der Waals surface area (Å²) in [5, 5.41) is 3.38. The van der Waals surface area contributed by atoms with Crippen LogP contribution in [-0.2, 0) is 11.3 Å². The maximum absolute atomic E-state index is 12.8. The van der Waals surface area contributed by atoms with Gasteiger partial charge < -0.3 is 10.2 Å². The van der Waals surface area contributed by atoms with E-state index in [4.69, 9.17) is 11.6 Å². The molecule has 0 aromatic carbocycles. The summed E-state index contributed by atoms with van der Waals surface area (Å²) >= 11 is 7.48. The van der Waals surface area contributed by atoms with Gasteiger partial charge in [0.25, 0.3) is 0 Å². The van der Waals surface area contributed by atoms with Gasteiger partial charge >= 0.3 is 0 Å². The minimum absolute atomic E-state index is 0.154. The Bertz CT molecular complexity index is 480. The molecule has 3 nitrogen and oxygen atoms in total. The lowest BCUT2D eigenvalue weighted by Gasteiger charge is -2.37. The Morgan fingerprint density at radius 1 is 1.60 bits per heavy atom. The first-order valence-electron chi connectivity index (χ1n) is 6.95. The number of thiophene rings is 1. The number of nitrogens with one attached hydrogen (secondary N) is 1. The molecule has 1 aliphatic heterocycles. The highest BCUT2D eigenvalue weighted by molar-refractivity contribution is 7.16. The SMILES string of the molecule is C=CCN(Cc1ccc(Cl)s1)C(=O)C1(C)CCCCN1. The monoisotopic (exact) mass is 312 g/mol. The van der Waals surface area contributed by atoms with Gasteiger partial charge in [0.1, 0.15) is 0 Å². The summed E-state index contributed by atoms with van der Waals surface area (Å²) in [7, 11) is 0. The van der Waals surface area contributed by atoms with Crippen LogP contribution in [0.25, 0.3) is 0 Å². The molecule has 1 aromatic rings. The second kappa shape index (κ2) is 6.74. The molecule has 0 saturated carbocycles. The lowest BCUT2D eigenvalue weighted by molar-refractivity contribution is -0.138. The van der Waals surface area contributed by atoms with Crippen molar-refractivity contribution in [3.8, 4) is 0 Å². The Balaban J connectivity index is 2.10. The van der Waals surface area contributed by atoms with Crippen LogP contribution in [0.3, 0.4) is 0 Å². The van der Waals surface area contributed by atoms with E-state index in [0.717, 1.165) is 35.0 Å².